The maximum absolute atomic E-state index is 12.2. The molecule has 1 aromatic rings. The number of rotatable bonds is 12. The highest BCUT2D eigenvalue weighted by molar-refractivity contribution is 5.88. The smallest absolute Gasteiger partial charge is 0.389 e. The van der Waals surface area contributed by atoms with E-state index in [1.54, 1.807) is 0 Å². The van der Waals surface area contributed by atoms with E-state index in [9.17, 15) is 18.0 Å². The molecule has 6 heteroatoms. The van der Waals surface area contributed by atoms with Crippen molar-refractivity contribution in [1.29, 1.82) is 0 Å². The minimum atomic E-state index is -4.20. The van der Waals surface area contributed by atoms with Crippen LogP contribution in [0.3, 0.4) is 0 Å². The van der Waals surface area contributed by atoms with E-state index in [2.05, 4.69) is 11.9 Å². The zero-order valence-corrected chi connectivity index (χ0v) is 14.9. The molecule has 0 atom stereocenters. The number of halogens is 3. The summed E-state index contributed by atoms with van der Waals surface area (Å²) >= 11 is 0. The molecule has 0 unspecified atom stereocenters. The highest BCUT2D eigenvalue weighted by Gasteiger charge is 2.26. The van der Waals surface area contributed by atoms with Gasteiger partial charge in [-0.1, -0.05) is 51.9 Å². The Morgan fingerprint density at radius 3 is 2.24 bits per heavy atom. The number of aryl methyl sites for hydroxylation is 1. The van der Waals surface area contributed by atoms with E-state index in [1.807, 2.05) is 0 Å². The number of carbonyl (C=O) groups excluding carboxylic acids is 1. The number of pyridine rings is 1. The van der Waals surface area contributed by atoms with Crippen molar-refractivity contribution >= 4 is 5.97 Å². The van der Waals surface area contributed by atoms with Gasteiger partial charge in [0, 0.05) is 18.3 Å². The molecule has 142 valence electrons. The molecule has 0 fully saturated rings. The monoisotopic (exact) mass is 359 g/mol. The molecule has 25 heavy (non-hydrogen) atoms. The maximum Gasteiger partial charge on any atom is 0.389 e. The SMILES string of the molecule is CCCCCCCCCCOC(=O)c1ccc(CCC(F)(F)F)nc1. The van der Waals surface area contributed by atoms with Crippen molar-refractivity contribution < 1.29 is 22.7 Å². The van der Waals surface area contributed by atoms with E-state index in [-0.39, 0.29) is 12.0 Å². The van der Waals surface area contributed by atoms with Crippen molar-refractivity contribution in [3.8, 4) is 0 Å². The summed E-state index contributed by atoms with van der Waals surface area (Å²) in [5, 5.41) is 0. The standard InChI is InChI=1S/C19H28F3NO2/c1-2-3-4-5-6-7-8-9-14-25-18(24)16-10-11-17(23-15-16)12-13-19(20,21)22/h10-11,15H,2-9,12-14H2,1H3. The summed E-state index contributed by atoms with van der Waals surface area (Å²) in [6.45, 7) is 2.56. The van der Waals surface area contributed by atoms with E-state index in [1.165, 1.54) is 50.4 Å². The Hall–Kier alpha value is -1.59. The van der Waals surface area contributed by atoms with Gasteiger partial charge in [-0.2, -0.15) is 13.2 Å². The van der Waals surface area contributed by atoms with Crippen LogP contribution in [0.25, 0.3) is 0 Å². The Labute approximate surface area is 148 Å². The molecule has 1 heterocycles. The van der Waals surface area contributed by atoms with E-state index < -0.39 is 18.6 Å². The first-order valence-corrected chi connectivity index (χ1v) is 9.11. The van der Waals surface area contributed by atoms with E-state index >= 15 is 0 Å². The maximum atomic E-state index is 12.2. The van der Waals surface area contributed by atoms with Crippen LogP contribution in [0.4, 0.5) is 13.2 Å². The average molecular weight is 359 g/mol. The van der Waals surface area contributed by atoms with Gasteiger partial charge in [-0.15, -0.1) is 0 Å². The van der Waals surface area contributed by atoms with Gasteiger partial charge in [-0.3, -0.25) is 4.98 Å². The van der Waals surface area contributed by atoms with Gasteiger partial charge in [0.1, 0.15) is 0 Å². The first kappa shape index (κ1) is 21.5. The molecular weight excluding hydrogens is 331 g/mol. The molecule has 0 N–H and O–H groups in total. The lowest BCUT2D eigenvalue weighted by atomic mass is 10.1. The summed E-state index contributed by atoms with van der Waals surface area (Å²) < 4.78 is 41.6. The predicted octanol–water partition coefficient (Wildman–Crippen LogP) is 5.87. The van der Waals surface area contributed by atoms with Crippen LogP contribution < -0.4 is 0 Å². The second-order valence-corrected chi connectivity index (χ2v) is 6.26. The molecule has 0 spiro atoms. The Balaban J connectivity index is 2.16. The van der Waals surface area contributed by atoms with Gasteiger partial charge in [0.05, 0.1) is 12.2 Å². The number of ether oxygens (including phenoxy) is 1. The third-order valence-corrected chi connectivity index (χ3v) is 3.96. The van der Waals surface area contributed by atoms with Crippen LogP contribution >= 0.6 is 0 Å². The number of alkyl halides is 3. The number of nitrogens with zero attached hydrogens (tertiary/aromatic N) is 1. The van der Waals surface area contributed by atoms with Crippen LogP contribution in [-0.4, -0.2) is 23.7 Å². The van der Waals surface area contributed by atoms with Crippen LogP contribution in [0.15, 0.2) is 18.3 Å². The Morgan fingerprint density at radius 1 is 1.04 bits per heavy atom. The van der Waals surface area contributed by atoms with Crippen LogP contribution in [-0.2, 0) is 11.2 Å². The number of unbranched alkanes of at least 4 members (excludes halogenated alkanes) is 7. The van der Waals surface area contributed by atoms with Gasteiger partial charge >= 0.3 is 12.1 Å². The lowest BCUT2D eigenvalue weighted by Crippen LogP contribution is -2.10. The second-order valence-electron chi connectivity index (χ2n) is 6.26. The molecule has 1 rings (SSSR count). The summed E-state index contributed by atoms with van der Waals surface area (Å²) in [4.78, 5) is 15.7. The predicted molar refractivity (Wildman–Crippen MR) is 91.5 cm³/mol. The number of hydrogen-bond acceptors (Lipinski definition) is 3. The molecule has 0 radical (unpaired) electrons. The zero-order valence-electron chi connectivity index (χ0n) is 14.9. The van der Waals surface area contributed by atoms with E-state index in [4.69, 9.17) is 4.74 Å². The highest BCUT2D eigenvalue weighted by Crippen LogP contribution is 2.21. The van der Waals surface area contributed by atoms with Crippen LogP contribution in [0.1, 0.15) is 80.8 Å². The summed E-state index contributed by atoms with van der Waals surface area (Å²) in [5.74, 6) is -0.474. The van der Waals surface area contributed by atoms with E-state index in [0.29, 0.717) is 12.3 Å². The molecule has 0 bridgehead atoms. The van der Waals surface area contributed by atoms with Crippen molar-refractivity contribution in [3.05, 3.63) is 29.6 Å². The molecule has 0 aliphatic carbocycles. The van der Waals surface area contributed by atoms with Crippen molar-refractivity contribution in [2.45, 2.75) is 77.3 Å². The largest absolute Gasteiger partial charge is 0.462 e. The van der Waals surface area contributed by atoms with Crippen molar-refractivity contribution in [3.63, 3.8) is 0 Å². The van der Waals surface area contributed by atoms with Gasteiger partial charge in [0.25, 0.3) is 0 Å². The lowest BCUT2D eigenvalue weighted by Gasteiger charge is -2.07. The number of esters is 1. The molecule has 0 aliphatic heterocycles. The molecular formula is C19H28F3NO2. The van der Waals surface area contributed by atoms with Crippen molar-refractivity contribution in [2.75, 3.05) is 6.61 Å². The van der Waals surface area contributed by atoms with E-state index in [0.717, 1.165) is 19.3 Å². The fourth-order valence-electron chi connectivity index (χ4n) is 2.45. The van der Waals surface area contributed by atoms with Gasteiger partial charge in [-0.05, 0) is 25.0 Å². The van der Waals surface area contributed by atoms with Crippen LogP contribution in [0.5, 0.6) is 0 Å². The van der Waals surface area contributed by atoms with Crippen LogP contribution in [0, 0.1) is 0 Å². The number of hydrogen-bond donors (Lipinski definition) is 0. The molecule has 0 aliphatic rings. The van der Waals surface area contributed by atoms with Crippen molar-refractivity contribution in [2.24, 2.45) is 0 Å². The topological polar surface area (TPSA) is 39.2 Å². The Kier molecular flexibility index (Phi) is 10.2. The molecule has 0 saturated heterocycles. The molecule has 3 nitrogen and oxygen atoms in total. The fourth-order valence-corrected chi connectivity index (χ4v) is 2.45. The fraction of sp³-hybridized carbons (Fsp3) is 0.684. The van der Waals surface area contributed by atoms with Gasteiger partial charge in [0.2, 0.25) is 0 Å². The summed E-state index contributed by atoms with van der Waals surface area (Å²) in [5.41, 5.74) is 0.590. The quantitative estimate of drug-likeness (QED) is 0.346. The second kappa shape index (κ2) is 11.9. The first-order chi connectivity index (χ1) is 11.9. The third kappa shape index (κ3) is 10.8. The molecule has 0 amide bonds. The highest BCUT2D eigenvalue weighted by atomic mass is 19.4. The lowest BCUT2D eigenvalue weighted by molar-refractivity contribution is -0.134. The van der Waals surface area contributed by atoms with Gasteiger partial charge in [-0.25, -0.2) is 4.79 Å². The van der Waals surface area contributed by atoms with Gasteiger partial charge < -0.3 is 4.74 Å². The zero-order chi connectivity index (χ0) is 18.5. The molecule has 1 aromatic heterocycles. The summed E-state index contributed by atoms with van der Waals surface area (Å²) in [7, 11) is 0. The summed E-state index contributed by atoms with van der Waals surface area (Å²) in [6.07, 6.45) is 5.31. The molecule has 0 saturated carbocycles. The van der Waals surface area contributed by atoms with Crippen molar-refractivity contribution in [1.82, 2.24) is 4.98 Å². The first-order valence-electron chi connectivity index (χ1n) is 9.11. The third-order valence-electron chi connectivity index (χ3n) is 3.96. The Bertz CT molecular complexity index is 486. The minimum absolute atomic E-state index is 0.183. The normalized spacial score (nSPS) is 11.5. The summed E-state index contributed by atoms with van der Waals surface area (Å²) in [6, 6.07) is 2.91. The van der Waals surface area contributed by atoms with Crippen LogP contribution in [0.2, 0.25) is 0 Å². The minimum Gasteiger partial charge on any atom is -0.462 e. The Morgan fingerprint density at radius 2 is 1.68 bits per heavy atom. The van der Waals surface area contributed by atoms with Gasteiger partial charge in [0.15, 0.2) is 0 Å². The molecule has 0 aromatic carbocycles. The average Bonchev–Trinajstić information content (AvgIpc) is 2.58. The number of aromatic nitrogens is 1. The number of carbonyl (C=O) groups is 1.